The molecule has 1 aromatic rings. The van der Waals surface area contributed by atoms with Crippen LogP contribution in [0.25, 0.3) is 0 Å². The van der Waals surface area contributed by atoms with Gasteiger partial charge in [0.1, 0.15) is 0 Å². The number of carbonyl (C=O) groups excluding carboxylic acids is 1. The van der Waals surface area contributed by atoms with Crippen LogP contribution in [0.3, 0.4) is 0 Å². The molecule has 6 rings (SSSR count). The van der Waals surface area contributed by atoms with E-state index in [-0.39, 0.29) is 17.8 Å². The molecule has 30 heavy (non-hydrogen) atoms. The number of rotatable bonds is 5. The predicted molar refractivity (Wildman–Crippen MR) is 114 cm³/mol. The molecule has 2 bridgehead atoms. The monoisotopic (exact) mass is 432 g/mol. The molecule has 1 saturated carbocycles. The van der Waals surface area contributed by atoms with Gasteiger partial charge in [-0.3, -0.25) is 4.79 Å². The van der Waals surface area contributed by atoms with Gasteiger partial charge >= 0.3 is 5.97 Å². The van der Waals surface area contributed by atoms with Crippen LogP contribution in [0.1, 0.15) is 57.9 Å². The Labute approximate surface area is 183 Å². The predicted octanol–water partition coefficient (Wildman–Crippen LogP) is 5.12. The first-order valence-electron chi connectivity index (χ1n) is 11.3. The first-order valence-corrected chi connectivity index (χ1v) is 12.6. The molecule has 164 valence electrons. The van der Waals surface area contributed by atoms with Crippen LogP contribution in [0.4, 0.5) is 0 Å². The maximum Gasteiger partial charge on any atom is 0.311 e. The van der Waals surface area contributed by atoms with Crippen LogP contribution < -0.4 is 0 Å². The van der Waals surface area contributed by atoms with Crippen molar-refractivity contribution in [3.63, 3.8) is 0 Å². The van der Waals surface area contributed by atoms with E-state index in [9.17, 15) is 4.79 Å². The Hall–Kier alpha value is -1.08. The Morgan fingerprint density at radius 3 is 2.67 bits per heavy atom. The number of benzene rings is 1. The highest BCUT2D eigenvalue weighted by molar-refractivity contribution is 7.98. The van der Waals surface area contributed by atoms with Gasteiger partial charge in [-0.1, -0.05) is 19.1 Å². The van der Waals surface area contributed by atoms with Gasteiger partial charge in [-0.25, -0.2) is 9.78 Å². The lowest BCUT2D eigenvalue weighted by molar-refractivity contribution is -0.559. The summed E-state index contributed by atoms with van der Waals surface area (Å²) in [6.07, 6.45) is 7.99. The highest BCUT2D eigenvalue weighted by atomic mass is 32.2. The van der Waals surface area contributed by atoms with Crippen molar-refractivity contribution in [3.05, 3.63) is 29.8 Å². The second-order valence-electron chi connectivity index (χ2n) is 9.69. The summed E-state index contributed by atoms with van der Waals surface area (Å²) in [5, 5.41) is 0. The van der Waals surface area contributed by atoms with Crippen LogP contribution in [0.5, 0.6) is 0 Å². The molecule has 0 amide bonds. The zero-order valence-electron chi connectivity index (χ0n) is 18.1. The molecule has 5 nitrogen and oxygen atoms in total. The topological polar surface area (TPSA) is 54.0 Å². The summed E-state index contributed by atoms with van der Waals surface area (Å²) in [6.45, 7) is 4.18. The number of hydrogen-bond donors (Lipinski definition) is 0. The third-order valence-corrected chi connectivity index (χ3v) is 8.67. The smallest absolute Gasteiger partial charge is 0.311 e. The number of ether oxygens (including phenoxy) is 2. The van der Waals surface area contributed by atoms with Crippen molar-refractivity contribution >= 4 is 17.7 Å². The van der Waals surface area contributed by atoms with Crippen LogP contribution in [0.2, 0.25) is 0 Å². The fourth-order valence-electron chi connectivity index (χ4n) is 6.25. The number of aryl methyl sites for hydroxylation is 1. The summed E-state index contributed by atoms with van der Waals surface area (Å²) in [6, 6.07) is 8.71. The maximum absolute atomic E-state index is 13.0. The average Bonchev–Trinajstić information content (AvgIpc) is 2.97. The van der Waals surface area contributed by atoms with Gasteiger partial charge in [-0.2, -0.15) is 0 Å². The second-order valence-corrected chi connectivity index (χ2v) is 10.6. The van der Waals surface area contributed by atoms with E-state index in [0.717, 1.165) is 44.9 Å². The minimum Gasteiger partial charge on any atom is -0.432 e. The number of thioether (sulfide) groups is 1. The lowest BCUT2D eigenvalue weighted by Gasteiger charge is -2.58. The van der Waals surface area contributed by atoms with Crippen LogP contribution in [0.15, 0.2) is 29.2 Å². The van der Waals surface area contributed by atoms with E-state index in [1.54, 1.807) is 11.8 Å². The van der Waals surface area contributed by atoms with Gasteiger partial charge in [0.2, 0.25) is 12.1 Å². The molecule has 7 atom stereocenters. The van der Waals surface area contributed by atoms with E-state index < -0.39 is 17.7 Å². The molecule has 5 fully saturated rings. The third kappa shape index (κ3) is 3.31. The summed E-state index contributed by atoms with van der Waals surface area (Å²) in [5.41, 5.74) is 0.653. The lowest BCUT2D eigenvalue weighted by Crippen LogP contribution is -2.70. The highest BCUT2D eigenvalue weighted by Crippen LogP contribution is 2.60. The minimum absolute atomic E-state index is 0.0893. The summed E-state index contributed by atoms with van der Waals surface area (Å²) in [7, 11) is 0. The van der Waals surface area contributed by atoms with E-state index in [1.807, 2.05) is 6.92 Å². The lowest BCUT2D eigenvalue weighted by atomic mass is 9.57. The van der Waals surface area contributed by atoms with Crippen LogP contribution in [-0.2, 0) is 30.5 Å². The van der Waals surface area contributed by atoms with Crippen molar-refractivity contribution in [2.45, 2.75) is 81.4 Å². The second kappa shape index (κ2) is 7.80. The Bertz CT molecular complexity index is 797. The number of fused-ring (bicyclic) bond motifs is 2. The van der Waals surface area contributed by atoms with Crippen LogP contribution in [0, 0.1) is 23.7 Å². The Balaban J connectivity index is 1.35. The molecular weight excluding hydrogens is 400 g/mol. The summed E-state index contributed by atoms with van der Waals surface area (Å²) >= 11 is 1.75. The normalized spacial score (nSPS) is 42.4. The quantitative estimate of drug-likeness (QED) is 0.366. The van der Waals surface area contributed by atoms with Gasteiger partial charge < -0.3 is 9.47 Å². The molecule has 0 N–H and O–H groups in total. The average molecular weight is 433 g/mol. The molecule has 0 radical (unpaired) electrons. The van der Waals surface area contributed by atoms with Crippen molar-refractivity contribution in [1.82, 2.24) is 0 Å². The van der Waals surface area contributed by atoms with Crippen molar-refractivity contribution in [2.75, 3.05) is 6.26 Å². The van der Waals surface area contributed by atoms with Crippen molar-refractivity contribution in [1.29, 1.82) is 0 Å². The number of esters is 1. The largest absolute Gasteiger partial charge is 0.432 e. The Morgan fingerprint density at radius 2 is 1.90 bits per heavy atom. The van der Waals surface area contributed by atoms with Crippen LogP contribution >= 0.6 is 11.8 Å². The number of hydrogen-bond acceptors (Lipinski definition) is 6. The molecular formula is C24H32O5S. The van der Waals surface area contributed by atoms with E-state index in [2.05, 4.69) is 37.4 Å². The molecule has 1 unspecified atom stereocenters. The van der Waals surface area contributed by atoms with E-state index in [4.69, 9.17) is 19.2 Å². The molecule has 1 aromatic carbocycles. The van der Waals surface area contributed by atoms with Crippen molar-refractivity contribution < 1.29 is 24.0 Å². The molecule has 1 aliphatic carbocycles. The van der Waals surface area contributed by atoms with Gasteiger partial charge in [0.05, 0.1) is 5.92 Å². The fourth-order valence-corrected chi connectivity index (χ4v) is 6.66. The minimum atomic E-state index is -0.826. The van der Waals surface area contributed by atoms with E-state index in [1.165, 1.54) is 10.5 Å². The first-order chi connectivity index (χ1) is 14.4. The molecule has 5 aliphatic rings. The summed E-state index contributed by atoms with van der Waals surface area (Å²) in [5.74, 6) is -0.221. The Kier molecular flexibility index (Phi) is 5.41. The van der Waals surface area contributed by atoms with Crippen LogP contribution in [-0.4, -0.2) is 29.9 Å². The number of carbonyl (C=O) groups is 1. The fraction of sp³-hybridized carbons (Fsp3) is 0.708. The summed E-state index contributed by atoms with van der Waals surface area (Å²) in [4.78, 5) is 26.3. The zero-order chi connectivity index (χ0) is 20.9. The SMILES string of the molecule is CSc1ccc(CCC[C@H]2C(=O)O[C@@H]3O[C@@]4(C)CCC5[C@H](C)CC[C@@H]2[C@]53OO4)cc1. The maximum atomic E-state index is 13.0. The Morgan fingerprint density at radius 1 is 1.10 bits per heavy atom. The molecule has 0 aromatic heterocycles. The molecule has 4 saturated heterocycles. The zero-order valence-corrected chi connectivity index (χ0v) is 18.9. The molecule has 4 heterocycles. The molecule has 6 heteroatoms. The van der Waals surface area contributed by atoms with Gasteiger partial charge in [0, 0.05) is 23.2 Å². The first kappa shape index (κ1) is 20.8. The van der Waals surface area contributed by atoms with Crippen molar-refractivity contribution in [2.24, 2.45) is 23.7 Å². The van der Waals surface area contributed by atoms with Crippen molar-refractivity contribution in [3.8, 4) is 0 Å². The van der Waals surface area contributed by atoms with Gasteiger partial charge in [0.25, 0.3) is 0 Å². The molecule has 4 aliphatic heterocycles. The van der Waals surface area contributed by atoms with Gasteiger partial charge in [0.15, 0.2) is 5.60 Å². The van der Waals surface area contributed by atoms with Gasteiger partial charge in [-0.15, -0.1) is 11.8 Å². The molecule has 1 spiro atoms. The van der Waals surface area contributed by atoms with E-state index >= 15 is 0 Å². The third-order valence-electron chi connectivity index (χ3n) is 7.93. The highest BCUT2D eigenvalue weighted by Gasteiger charge is 2.70. The van der Waals surface area contributed by atoms with E-state index in [0.29, 0.717) is 11.8 Å². The standard InChI is InChI=1S/C24H32O5S/c1-15-7-12-20-18(6-4-5-16-8-10-17(30-3)11-9-16)21(25)26-22-24(20)19(15)13-14-23(2,27-22)28-29-24/h8-11,15,18-20,22H,4-7,12-14H2,1-3H3/t15-,18-,19?,20+,22-,23-,24-/m1/s1. The van der Waals surface area contributed by atoms with Gasteiger partial charge in [-0.05, 0) is 75.3 Å². The summed E-state index contributed by atoms with van der Waals surface area (Å²) < 4.78 is 12.1.